The third-order valence-corrected chi connectivity index (χ3v) is 9.56. The zero-order valence-corrected chi connectivity index (χ0v) is 24.7. The van der Waals surface area contributed by atoms with Gasteiger partial charge in [0, 0.05) is 53.4 Å². The van der Waals surface area contributed by atoms with Crippen LogP contribution in [0.15, 0.2) is 59.1 Å². The first-order valence-corrected chi connectivity index (χ1v) is 14.8. The lowest BCUT2D eigenvalue weighted by Crippen LogP contribution is -2.63. The number of carbonyl (C=O) groups excluding carboxylic acids is 3. The zero-order valence-electron chi connectivity index (χ0n) is 23.9. The van der Waals surface area contributed by atoms with Gasteiger partial charge in [-0.2, -0.15) is 0 Å². The van der Waals surface area contributed by atoms with Crippen LogP contribution in [-0.2, 0) is 32.3 Å². The van der Waals surface area contributed by atoms with Crippen molar-refractivity contribution in [3.63, 3.8) is 0 Å². The number of fused-ring (bicyclic) bond motifs is 1. The maximum Gasteiger partial charge on any atom is 0.410 e. The summed E-state index contributed by atoms with van der Waals surface area (Å²) in [6.07, 6.45) is -0.826. The second kappa shape index (κ2) is 12.6. The fourth-order valence-electron chi connectivity index (χ4n) is 5.72. The van der Waals surface area contributed by atoms with Gasteiger partial charge in [0.2, 0.25) is 5.91 Å². The second-order valence-electron chi connectivity index (χ2n) is 10.9. The van der Waals surface area contributed by atoms with Crippen molar-refractivity contribution in [2.24, 2.45) is 11.8 Å². The van der Waals surface area contributed by atoms with E-state index in [0.29, 0.717) is 35.5 Å². The molecular weight excluding hydrogens is 596 g/mol. The number of nitro groups is 2. The summed E-state index contributed by atoms with van der Waals surface area (Å²) in [4.78, 5) is 63.5. The molecule has 14 nitrogen and oxygen atoms in total. The first kappa shape index (κ1) is 30.9. The minimum Gasteiger partial charge on any atom is -0.456 e. The lowest BCUT2D eigenvalue weighted by atomic mass is 9.79. The van der Waals surface area contributed by atoms with Gasteiger partial charge in [-0.05, 0) is 48.7 Å². The number of carbonyl (C=O) groups is 3. The molecule has 0 aliphatic carbocycles. The number of esters is 1. The second-order valence-corrected chi connectivity index (χ2v) is 12.3. The van der Waals surface area contributed by atoms with Crippen molar-refractivity contribution >= 4 is 41.1 Å². The minimum absolute atomic E-state index is 0.0441. The van der Waals surface area contributed by atoms with Gasteiger partial charge in [0.05, 0.1) is 27.9 Å². The van der Waals surface area contributed by atoms with Gasteiger partial charge in [0.1, 0.15) is 18.9 Å². The van der Waals surface area contributed by atoms with Crippen molar-refractivity contribution in [3.8, 4) is 0 Å². The summed E-state index contributed by atoms with van der Waals surface area (Å²) in [5.41, 5.74) is 1.12. The maximum atomic E-state index is 13.4. The average molecular weight is 627 g/mol. The van der Waals surface area contributed by atoms with E-state index in [1.165, 1.54) is 65.2 Å². The lowest BCUT2D eigenvalue weighted by Gasteiger charge is -2.46. The van der Waals surface area contributed by atoms with Crippen LogP contribution in [0.5, 0.6) is 0 Å². The Bertz CT molecular complexity index is 1510. The lowest BCUT2D eigenvalue weighted by molar-refractivity contribution is -0.385. The Kier molecular flexibility index (Phi) is 8.87. The number of aliphatic hydroxyl groups is 1. The van der Waals surface area contributed by atoms with Gasteiger partial charge >= 0.3 is 12.1 Å². The Hall–Kier alpha value is -4.50. The molecule has 3 aliphatic rings. The molecule has 1 N–H and O–H groups in total. The van der Waals surface area contributed by atoms with Crippen molar-refractivity contribution in [2.75, 3.05) is 13.1 Å². The number of nitrogens with zero attached hydrogens (tertiary/aromatic N) is 4. The number of amides is 2. The van der Waals surface area contributed by atoms with Crippen molar-refractivity contribution in [2.45, 2.75) is 50.9 Å². The van der Waals surface area contributed by atoms with E-state index in [0.717, 1.165) is 0 Å². The summed E-state index contributed by atoms with van der Waals surface area (Å²) in [6.45, 7) is 3.99. The Morgan fingerprint density at radius 1 is 1.00 bits per heavy atom. The van der Waals surface area contributed by atoms with E-state index in [-0.39, 0.29) is 47.4 Å². The first-order valence-electron chi connectivity index (χ1n) is 13.9. The number of ether oxygens (including phenoxy) is 2. The zero-order chi connectivity index (χ0) is 31.7. The molecule has 0 spiro atoms. The molecule has 3 aliphatic heterocycles. The fourth-order valence-corrected chi connectivity index (χ4v) is 7.20. The normalized spacial score (nSPS) is 23.2. The summed E-state index contributed by atoms with van der Waals surface area (Å²) < 4.78 is 11.0. The van der Waals surface area contributed by atoms with Crippen LogP contribution in [0.2, 0.25) is 0 Å². The number of thioether (sulfide) groups is 1. The molecule has 3 unspecified atom stereocenters. The number of hydrogen-bond acceptors (Lipinski definition) is 11. The molecular formula is C29H30N4O10S. The highest BCUT2D eigenvalue weighted by molar-refractivity contribution is 8.03. The predicted octanol–water partition coefficient (Wildman–Crippen LogP) is 3.76. The van der Waals surface area contributed by atoms with E-state index >= 15 is 0 Å². The number of benzene rings is 2. The Balaban J connectivity index is 1.25. The topological polar surface area (TPSA) is 183 Å². The highest BCUT2D eigenvalue weighted by Crippen LogP contribution is 2.52. The standard InChI is InChI=1S/C29H30N4O10S/c1-16-24-23(17(2)34)27(35)31(24)25(28(36)42-14-18-3-7-20(8-4-18)32(38)39)26(16)44-22-11-12-30(13-22)29(37)43-15-19-5-9-21(10-6-19)33(40)41/h3-10,16-17,22-24,34H,11-15H2,1-2H3/t16?,17-,22+,23?,24?/m1/s1. The molecule has 15 heteroatoms. The Labute approximate surface area is 255 Å². The monoisotopic (exact) mass is 626 g/mol. The van der Waals surface area contributed by atoms with E-state index in [4.69, 9.17) is 9.47 Å². The SMILES string of the molecule is CC1C(S[C@H]2CCN(C(=O)OCc3ccc([N+](=O)[O-])cc3)C2)=C(C(=O)OCc2ccc([N+](=O)[O-])cc2)N2C(=O)C([C@@H](C)O)C12. The summed E-state index contributed by atoms with van der Waals surface area (Å²) in [7, 11) is 0. The first-order chi connectivity index (χ1) is 21.0. The van der Waals surface area contributed by atoms with Crippen LogP contribution < -0.4 is 0 Å². The van der Waals surface area contributed by atoms with E-state index in [2.05, 4.69) is 0 Å². The summed E-state index contributed by atoms with van der Waals surface area (Å²) in [5.74, 6) is -2.00. The average Bonchev–Trinajstić information content (AvgIpc) is 3.56. The molecule has 2 amide bonds. The van der Waals surface area contributed by atoms with Gasteiger partial charge < -0.3 is 24.4 Å². The largest absolute Gasteiger partial charge is 0.456 e. The number of rotatable bonds is 10. The van der Waals surface area contributed by atoms with Crippen LogP contribution in [0.25, 0.3) is 0 Å². The van der Waals surface area contributed by atoms with E-state index in [1.807, 2.05) is 6.92 Å². The molecule has 0 aromatic heterocycles. The number of hydrogen-bond donors (Lipinski definition) is 1. The molecule has 232 valence electrons. The molecule has 44 heavy (non-hydrogen) atoms. The number of aliphatic hydroxyl groups excluding tert-OH is 1. The Morgan fingerprint density at radius 3 is 2.07 bits per heavy atom. The number of nitro benzene ring substituents is 2. The molecule has 2 aromatic rings. The van der Waals surface area contributed by atoms with Crippen molar-refractivity contribution in [1.29, 1.82) is 0 Å². The van der Waals surface area contributed by atoms with Gasteiger partial charge in [-0.15, -0.1) is 11.8 Å². The molecule has 3 heterocycles. The van der Waals surface area contributed by atoms with Crippen molar-refractivity contribution in [1.82, 2.24) is 9.80 Å². The summed E-state index contributed by atoms with van der Waals surface area (Å²) >= 11 is 1.40. The molecule has 5 atom stereocenters. The van der Waals surface area contributed by atoms with Gasteiger partial charge in [-0.1, -0.05) is 6.92 Å². The van der Waals surface area contributed by atoms with Crippen LogP contribution in [-0.4, -0.2) is 73.2 Å². The molecule has 5 rings (SSSR count). The van der Waals surface area contributed by atoms with Gasteiger partial charge in [-0.25, -0.2) is 9.59 Å². The minimum atomic E-state index is -0.902. The van der Waals surface area contributed by atoms with Gasteiger partial charge in [0.15, 0.2) is 0 Å². The van der Waals surface area contributed by atoms with Crippen LogP contribution in [0, 0.1) is 32.1 Å². The number of likely N-dealkylation sites (tertiary alicyclic amines) is 1. The van der Waals surface area contributed by atoms with E-state index in [9.17, 15) is 39.7 Å². The predicted molar refractivity (Wildman–Crippen MR) is 156 cm³/mol. The molecule has 2 fully saturated rings. The number of β-lactam (4-membered cyclic amide) rings is 1. The third kappa shape index (κ3) is 6.10. The molecule has 0 bridgehead atoms. The molecule has 0 saturated carbocycles. The quantitative estimate of drug-likeness (QED) is 0.175. The van der Waals surface area contributed by atoms with Crippen LogP contribution in [0.1, 0.15) is 31.4 Å². The summed E-state index contributed by atoms with van der Waals surface area (Å²) in [5, 5.41) is 31.9. The van der Waals surface area contributed by atoms with Crippen molar-refractivity contribution < 1.29 is 38.8 Å². The van der Waals surface area contributed by atoms with Crippen LogP contribution >= 0.6 is 11.8 Å². The number of non-ortho nitro benzene ring substituents is 2. The maximum absolute atomic E-state index is 13.4. The fraction of sp³-hybridized carbons (Fsp3) is 0.414. The van der Waals surface area contributed by atoms with Gasteiger partial charge in [-0.3, -0.25) is 25.0 Å². The highest BCUT2D eigenvalue weighted by atomic mass is 32.2. The van der Waals surface area contributed by atoms with E-state index < -0.39 is 40.0 Å². The molecule has 2 saturated heterocycles. The smallest absolute Gasteiger partial charge is 0.410 e. The van der Waals surface area contributed by atoms with Crippen LogP contribution in [0.3, 0.4) is 0 Å². The van der Waals surface area contributed by atoms with Crippen LogP contribution in [0.4, 0.5) is 16.2 Å². The molecule has 0 radical (unpaired) electrons. The van der Waals surface area contributed by atoms with E-state index in [1.54, 1.807) is 11.8 Å². The third-order valence-electron chi connectivity index (χ3n) is 8.03. The Morgan fingerprint density at radius 2 is 1.55 bits per heavy atom. The van der Waals surface area contributed by atoms with Crippen molar-refractivity contribution in [3.05, 3.63) is 90.5 Å². The molecule has 2 aromatic carbocycles. The summed E-state index contributed by atoms with van der Waals surface area (Å²) in [6, 6.07) is 10.9. The van der Waals surface area contributed by atoms with Gasteiger partial charge in [0.25, 0.3) is 11.4 Å². The highest BCUT2D eigenvalue weighted by Gasteiger charge is 2.60.